The normalized spacial score (nSPS) is 16.4. The second-order valence-electron chi connectivity index (χ2n) is 3.82. The Labute approximate surface area is 105 Å². The minimum absolute atomic E-state index is 0.0304. The van der Waals surface area contributed by atoms with E-state index in [9.17, 15) is 4.79 Å². The number of rotatable bonds is 2. The van der Waals surface area contributed by atoms with Crippen LogP contribution in [0.15, 0.2) is 18.5 Å². The van der Waals surface area contributed by atoms with E-state index in [0.29, 0.717) is 11.3 Å². The molecule has 92 valence electrons. The average molecular weight is 252 g/mol. The van der Waals surface area contributed by atoms with Gasteiger partial charge in [-0.05, 0) is 18.2 Å². The summed E-state index contributed by atoms with van der Waals surface area (Å²) in [6.45, 7) is 1.62. The molecule has 0 unspecified atom stereocenters. The molecule has 1 fully saturated rings. The van der Waals surface area contributed by atoms with E-state index in [0.717, 1.165) is 31.0 Å². The van der Waals surface area contributed by atoms with Gasteiger partial charge < -0.3 is 10.3 Å². The van der Waals surface area contributed by atoms with Crippen molar-refractivity contribution >= 4 is 23.4 Å². The van der Waals surface area contributed by atoms with Crippen molar-refractivity contribution in [3.8, 4) is 0 Å². The van der Waals surface area contributed by atoms with Crippen LogP contribution in [-0.2, 0) is 0 Å². The Kier molecular flexibility index (Phi) is 4.22. The summed E-state index contributed by atoms with van der Waals surface area (Å²) in [4.78, 5) is 18.2. The number of thioether (sulfide) groups is 1. The fourth-order valence-corrected chi connectivity index (χ4v) is 2.70. The van der Waals surface area contributed by atoms with Crippen LogP contribution >= 0.6 is 11.8 Å². The fourth-order valence-electron chi connectivity index (χ4n) is 1.82. The Morgan fingerprint density at radius 3 is 3.18 bits per heavy atom. The first-order valence-electron chi connectivity index (χ1n) is 5.60. The van der Waals surface area contributed by atoms with Crippen LogP contribution in [0.1, 0.15) is 16.8 Å². The van der Waals surface area contributed by atoms with Crippen molar-refractivity contribution in [2.24, 2.45) is 5.84 Å². The molecule has 1 aromatic heterocycles. The number of pyridine rings is 1. The van der Waals surface area contributed by atoms with E-state index in [-0.39, 0.29) is 5.91 Å². The molecule has 0 spiro atoms. The second kappa shape index (κ2) is 5.88. The molecule has 0 aromatic carbocycles. The molecular weight excluding hydrogens is 236 g/mol. The van der Waals surface area contributed by atoms with Crippen molar-refractivity contribution in [1.29, 1.82) is 0 Å². The molecule has 1 aliphatic rings. The zero-order valence-electron chi connectivity index (χ0n) is 9.56. The monoisotopic (exact) mass is 252 g/mol. The van der Waals surface area contributed by atoms with Crippen LogP contribution in [0.2, 0.25) is 0 Å². The predicted molar refractivity (Wildman–Crippen MR) is 69.9 cm³/mol. The van der Waals surface area contributed by atoms with E-state index in [1.807, 2.05) is 16.7 Å². The molecule has 3 N–H and O–H groups in total. The van der Waals surface area contributed by atoms with Crippen LogP contribution in [0, 0.1) is 0 Å². The average Bonchev–Trinajstić information content (AvgIpc) is 2.66. The number of nitrogen functional groups attached to an aromatic ring is 1. The van der Waals surface area contributed by atoms with Crippen molar-refractivity contribution in [1.82, 2.24) is 9.88 Å². The third-order valence-corrected chi connectivity index (χ3v) is 3.77. The zero-order chi connectivity index (χ0) is 12.1. The summed E-state index contributed by atoms with van der Waals surface area (Å²) in [5, 5.41) is 0. The quantitative estimate of drug-likeness (QED) is 0.605. The topological polar surface area (TPSA) is 71.2 Å². The molecule has 0 saturated carbocycles. The maximum Gasteiger partial charge on any atom is 0.256 e. The first-order valence-corrected chi connectivity index (χ1v) is 6.76. The molecular formula is C11H16N4OS. The van der Waals surface area contributed by atoms with Gasteiger partial charge in [0.05, 0.1) is 17.4 Å². The van der Waals surface area contributed by atoms with Crippen molar-refractivity contribution in [2.45, 2.75) is 6.42 Å². The van der Waals surface area contributed by atoms with Gasteiger partial charge in [0.2, 0.25) is 0 Å². The van der Waals surface area contributed by atoms with Gasteiger partial charge in [0.15, 0.2) is 0 Å². The molecule has 0 atom stereocenters. The van der Waals surface area contributed by atoms with Crippen LogP contribution in [0.5, 0.6) is 0 Å². The van der Waals surface area contributed by atoms with Gasteiger partial charge in [-0.25, -0.2) is 0 Å². The van der Waals surface area contributed by atoms with Crippen molar-refractivity contribution in [3.05, 3.63) is 24.0 Å². The minimum atomic E-state index is 0.0304. The SMILES string of the molecule is NNc1cnccc1C(=O)N1CCCSCC1. The number of nitrogens with zero attached hydrogens (tertiary/aromatic N) is 2. The Morgan fingerprint density at radius 2 is 2.35 bits per heavy atom. The molecule has 1 aliphatic heterocycles. The van der Waals surface area contributed by atoms with Gasteiger partial charge >= 0.3 is 0 Å². The van der Waals surface area contributed by atoms with Gasteiger partial charge in [-0.1, -0.05) is 0 Å². The molecule has 17 heavy (non-hydrogen) atoms. The summed E-state index contributed by atoms with van der Waals surface area (Å²) in [5.41, 5.74) is 3.69. The molecule has 0 bridgehead atoms. The summed E-state index contributed by atoms with van der Waals surface area (Å²) in [7, 11) is 0. The van der Waals surface area contributed by atoms with Crippen LogP contribution in [0.4, 0.5) is 5.69 Å². The van der Waals surface area contributed by atoms with Gasteiger partial charge in [0.1, 0.15) is 0 Å². The number of carbonyl (C=O) groups excluding carboxylic acids is 1. The smallest absolute Gasteiger partial charge is 0.256 e. The summed E-state index contributed by atoms with van der Waals surface area (Å²) in [6, 6.07) is 1.70. The molecule has 1 saturated heterocycles. The lowest BCUT2D eigenvalue weighted by molar-refractivity contribution is 0.0769. The maximum atomic E-state index is 12.3. The third-order valence-electron chi connectivity index (χ3n) is 2.72. The molecule has 0 aliphatic carbocycles. The van der Waals surface area contributed by atoms with E-state index < -0.39 is 0 Å². The number of hydrogen-bond acceptors (Lipinski definition) is 5. The van der Waals surface area contributed by atoms with Gasteiger partial charge in [0, 0.05) is 25.0 Å². The first-order chi connectivity index (χ1) is 8.33. The largest absolute Gasteiger partial charge is 0.338 e. The fraction of sp³-hybridized carbons (Fsp3) is 0.455. The van der Waals surface area contributed by atoms with E-state index in [4.69, 9.17) is 5.84 Å². The Morgan fingerprint density at radius 1 is 1.47 bits per heavy atom. The Bertz CT molecular complexity index is 391. The van der Waals surface area contributed by atoms with E-state index in [1.165, 1.54) is 0 Å². The molecule has 2 heterocycles. The number of aromatic nitrogens is 1. The maximum absolute atomic E-state index is 12.3. The van der Waals surface area contributed by atoms with E-state index in [1.54, 1.807) is 18.5 Å². The van der Waals surface area contributed by atoms with E-state index in [2.05, 4.69) is 10.4 Å². The van der Waals surface area contributed by atoms with Crippen molar-refractivity contribution < 1.29 is 4.79 Å². The summed E-state index contributed by atoms with van der Waals surface area (Å²) >= 11 is 1.90. The van der Waals surface area contributed by atoms with Crippen LogP contribution in [0.3, 0.4) is 0 Å². The molecule has 1 aromatic rings. The number of amides is 1. The number of carbonyl (C=O) groups is 1. The van der Waals surface area contributed by atoms with Gasteiger partial charge in [-0.3, -0.25) is 15.6 Å². The first kappa shape index (κ1) is 12.2. The third kappa shape index (κ3) is 2.89. The summed E-state index contributed by atoms with van der Waals surface area (Å²) in [5.74, 6) is 7.54. The lowest BCUT2D eigenvalue weighted by Crippen LogP contribution is -2.33. The highest BCUT2D eigenvalue weighted by Crippen LogP contribution is 2.17. The Balaban J connectivity index is 2.17. The van der Waals surface area contributed by atoms with Crippen LogP contribution < -0.4 is 11.3 Å². The minimum Gasteiger partial charge on any atom is -0.338 e. The number of hydrogen-bond donors (Lipinski definition) is 2. The zero-order valence-corrected chi connectivity index (χ0v) is 10.4. The van der Waals surface area contributed by atoms with Crippen molar-refractivity contribution in [2.75, 3.05) is 30.0 Å². The number of hydrazine groups is 1. The lowest BCUT2D eigenvalue weighted by Gasteiger charge is -2.21. The molecule has 6 heteroatoms. The number of nitrogens with two attached hydrogens (primary N) is 1. The Hall–Kier alpha value is -1.27. The van der Waals surface area contributed by atoms with Gasteiger partial charge in [-0.2, -0.15) is 11.8 Å². The molecule has 5 nitrogen and oxygen atoms in total. The molecule has 1 amide bonds. The number of anilines is 1. The summed E-state index contributed by atoms with van der Waals surface area (Å²) < 4.78 is 0. The highest BCUT2D eigenvalue weighted by atomic mass is 32.2. The number of nitrogens with one attached hydrogen (secondary N) is 1. The van der Waals surface area contributed by atoms with Crippen LogP contribution in [0.25, 0.3) is 0 Å². The van der Waals surface area contributed by atoms with Crippen LogP contribution in [-0.4, -0.2) is 40.4 Å². The van der Waals surface area contributed by atoms with E-state index >= 15 is 0 Å². The predicted octanol–water partition coefficient (Wildman–Crippen LogP) is 0.946. The van der Waals surface area contributed by atoms with Gasteiger partial charge in [-0.15, -0.1) is 0 Å². The molecule has 0 radical (unpaired) electrons. The highest BCUT2D eigenvalue weighted by molar-refractivity contribution is 7.99. The van der Waals surface area contributed by atoms with Crippen molar-refractivity contribution in [3.63, 3.8) is 0 Å². The summed E-state index contributed by atoms with van der Waals surface area (Å²) in [6.07, 6.45) is 4.23. The molecule has 2 rings (SSSR count). The standard InChI is InChI=1S/C11H16N4OS/c12-14-10-8-13-3-2-9(10)11(16)15-4-1-6-17-7-5-15/h2-3,8,14H,1,4-7,12H2. The van der Waals surface area contributed by atoms with Gasteiger partial charge in [0.25, 0.3) is 5.91 Å². The highest BCUT2D eigenvalue weighted by Gasteiger charge is 2.19. The second-order valence-corrected chi connectivity index (χ2v) is 5.05. The lowest BCUT2D eigenvalue weighted by atomic mass is 10.2.